The minimum atomic E-state index is 0. The first-order chi connectivity index (χ1) is 0. The van der Waals surface area contributed by atoms with Crippen LogP contribution in [0.15, 0.2) is 0 Å². The van der Waals surface area contributed by atoms with Crippen molar-refractivity contribution in [2.45, 2.75) is 0 Å². The molecule has 0 radical (unpaired) electrons. The van der Waals surface area contributed by atoms with E-state index >= 15 is 0 Å². The second-order valence-corrected chi connectivity index (χ2v) is 0. The molecule has 0 aromatic heterocycles. The molecule has 0 aliphatic heterocycles. The van der Waals surface area contributed by atoms with Crippen LogP contribution in [0.1, 0.15) is 0 Å². The van der Waals surface area contributed by atoms with E-state index in [1.54, 1.807) is 0 Å². The second kappa shape index (κ2) is 34.8. The van der Waals surface area contributed by atoms with E-state index in [2.05, 4.69) is 0 Å². The van der Waals surface area contributed by atoms with Gasteiger partial charge in [-0.15, -0.1) is 37.2 Å². The standard InChI is InChI=1S/3ClH.K.Mg.Na.4H/h3*1H;;;;;;;. The Balaban J connectivity index is 0. The normalized spacial score (nSPS) is 0. The van der Waals surface area contributed by atoms with E-state index in [1.165, 1.54) is 0 Å². The Hall–Kier alpha value is 4.27. The van der Waals surface area contributed by atoms with Crippen molar-refractivity contribution in [3.05, 3.63) is 0 Å². The summed E-state index contributed by atoms with van der Waals surface area (Å²) < 4.78 is 0. The molecule has 0 saturated carbocycles. The summed E-state index contributed by atoms with van der Waals surface area (Å²) in [7, 11) is 0. The first-order valence-electron chi connectivity index (χ1n) is 0. The van der Waals surface area contributed by atoms with E-state index in [-0.39, 0.29) is 141 Å². The van der Waals surface area contributed by atoms with Crippen molar-refractivity contribution in [3.8, 4) is 0 Å². The zero-order valence-corrected chi connectivity index (χ0v) is 3.67. The summed E-state index contributed by atoms with van der Waals surface area (Å²) >= 11 is 0. The van der Waals surface area contributed by atoms with Crippen LogP contribution in [0.3, 0.4) is 0 Å². The van der Waals surface area contributed by atoms with Gasteiger partial charge >= 0.3 is 104 Å². The molecule has 0 aromatic carbocycles. The number of halogens is 3. The third kappa shape index (κ3) is 24.0. The molecule has 0 spiro atoms. The van der Waals surface area contributed by atoms with Crippen molar-refractivity contribution in [2.75, 3.05) is 0 Å². The molecule has 0 bridgehead atoms. The van der Waals surface area contributed by atoms with Crippen molar-refractivity contribution < 1.29 is 0 Å². The van der Waals surface area contributed by atoms with Gasteiger partial charge in [-0.1, -0.05) is 0 Å². The van der Waals surface area contributed by atoms with Gasteiger partial charge in [0.2, 0.25) is 0 Å². The summed E-state index contributed by atoms with van der Waals surface area (Å²) in [5, 5.41) is 0. The molecular weight excluding hydrogens is 193 g/mol. The Morgan fingerprint density at radius 3 is 0.667 bits per heavy atom. The van der Waals surface area contributed by atoms with Gasteiger partial charge < -0.3 is 0 Å². The molecule has 0 aromatic rings. The molecule has 0 amide bonds. The van der Waals surface area contributed by atoms with Crippen LogP contribution in [0.2, 0.25) is 0 Å². The Morgan fingerprint density at radius 1 is 0.667 bits per heavy atom. The molecule has 0 saturated heterocycles. The fourth-order valence-corrected chi connectivity index (χ4v) is 0. The van der Waals surface area contributed by atoms with Crippen LogP contribution in [0, 0.1) is 0 Å². The van der Waals surface area contributed by atoms with E-state index in [0.29, 0.717) is 0 Å². The molecule has 0 atom stereocenters. The van der Waals surface area contributed by atoms with Gasteiger partial charge in [0.05, 0.1) is 0 Å². The molecule has 6 heteroatoms. The summed E-state index contributed by atoms with van der Waals surface area (Å²) in [5.74, 6) is 0. The van der Waals surface area contributed by atoms with Gasteiger partial charge in [-0.05, 0) is 0 Å². The molecule has 0 nitrogen and oxygen atoms in total. The SMILES string of the molecule is Cl.Cl.Cl.[KH].[MgH2].[NaH]. The fourth-order valence-electron chi connectivity index (χ4n) is 0. The van der Waals surface area contributed by atoms with Crippen molar-refractivity contribution in [1.29, 1.82) is 0 Å². The average molecular weight is 200 g/mol. The van der Waals surface area contributed by atoms with Crippen LogP contribution >= 0.6 is 37.2 Å². The zero-order valence-electron chi connectivity index (χ0n) is 1.22. The first-order valence-corrected chi connectivity index (χ1v) is 0. The molecule has 0 aliphatic rings. The van der Waals surface area contributed by atoms with Crippen molar-refractivity contribution in [3.63, 3.8) is 0 Å². The van der Waals surface area contributed by atoms with E-state index in [1.807, 2.05) is 0 Å². The Kier molecular flexibility index (Phi) is 280. The quantitative estimate of drug-likeness (QED) is 0.442. The third-order valence-electron chi connectivity index (χ3n) is 0. The predicted octanol–water partition coefficient (Wildman–Crippen LogP) is -0.948. The van der Waals surface area contributed by atoms with Crippen LogP contribution in [0.4, 0.5) is 0 Å². The summed E-state index contributed by atoms with van der Waals surface area (Å²) in [5.41, 5.74) is 0. The number of hydrogen-bond acceptors (Lipinski definition) is 0. The molecule has 32 valence electrons. The molecule has 0 unspecified atom stereocenters. The molecular formula is H7Cl3KMgNa. The van der Waals surface area contributed by atoms with Crippen LogP contribution in [0.25, 0.3) is 0 Å². The molecule has 0 aliphatic carbocycles. The van der Waals surface area contributed by atoms with Crippen LogP contribution in [-0.2, 0) is 0 Å². The topological polar surface area (TPSA) is 0 Å². The number of hydrogen-bond donors (Lipinski definition) is 0. The first kappa shape index (κ1) is 48.4. The summed E-state index contributed by atoms with van der Waals surface area (Å²) in [4.78, 5) is 0. The van der Waals surface area contributed by atoms with E-state index in [9.17, 15) is 0 Å². The zero-order chi connectivity index (χ0) is 0. The van der Waals surface area contributed by atoms with E-state index < -0.39 is 0 Å². The maximum atomic E-state index is 0. The van der Waals surface area contributed by atoms with Gasteiger partial charge in [-0.3, -0.25) is 0 Å². The van der Waals surface area contributed by atoms with E-state index in [0.717, 1.165) is 0 Å². The van der Waals surface area contributed by atoms with Gasteiger partial charge in [-0.25, -0.2) is 0 Å². The van der Waals surface area contributed by atoms with Crippen LogP contribution < -0.4 is 0 Å². The molecule has 0 fully saturated rings. The Bertz CT molecular complexity index is 10.8. The van der Waals surface area contributed by atoms with Crippen molar-refractivity contribution in [1.82, 2.24) is 0 Å². The van der Waals surface area contributed by atoms with Gasteiger partial charge in [0.1, 0.15) is 0 Å². The van der Waals surface area contributed by atoms with Gasteiger partial charge in [0.25, 0.3) is 0 Å². The van der Waals surface area contributed by atoms with Crippen molar-refractivity contribution >= 4 is 141 Å². The van der Waals surface area contributed by atoms with Crippen molar-refractivity contribution in [2.24, 2.45) is 0 Å². The molecule has 6 heavy (non-hydrogen) atoms. The Labute approximate surface area is 137 Å². The summed E-state index contributed by atoms with van der Waals surface area (Å²) in [6.07, 6.45) is 0. The van der Waals surface area contributed by atoms with Crippen LogP contribution in [0.5, 0.6) is 0 Å². The predicted molar refractivity (Wildman–Crippen MR) is 44.6 cm³/mol. The fraction of sp³-hybridized carbons (Fsp3) is 0. The third-order valence-corrected chi connectivity index (χ3v) is 0. The van der Waals surface area contributed by atoms with E-state index in [4.69, 9.17) is 0 Å². The number of rotatable bonds is 0. The Morgan fingerprint density at radius 2 is 0.667 bits per heavy atom. The second-order valence-electron chi connectivity index (χ2n) is 0. The maximum absolute atomic E-state index is 0. The minimum absolute atomic E-state index is 0. The summed E-state index contributed by atoms with van der Waals surface area (Å²) in [6.45, 7) is 0. The van der Waals surface area contributed by atoms with Gasteiger partial charge in [-0.2, -0.15) is 0 Å². The van der Waals surface area contributed by atoms with Gasteiger partial charge in [0, 0.05) is 0 Å². The average Bonchev–Trinajstić information content (AvgIpc) is 0. The molecule has 0 N–H and O–H groups in total. The summed E-state index contributed by atoms with van der Waals surface area (Å²) in [6, 6.07) is 0. The molecule has 0 rings (SSSR count). The van der Waals surface area contributed by atoms with Gasteiger partial charge in [0.15, 0.2) is 0 Å². The monoisotopic (exact) mass is 198 g/mol. The van der Waals surface area contributed by atoms with Crippen LogP contribution in [-0.4, -0.2) is 104 Å². The molecule has 0 heterocycles.